The number of benzene rings is 2. The molecule has 1 amide bonds. The molecule has 0 fully saturated rings. The molecule has 1 N–H and O–H groups in total. The van der Waals surface area contributed by atoms with Crippen LogP contribution in [-0.4, -0.2) is 19.1 Å². The van der Waals surface area contributed by atoms with E-state index in [2.05, 4.69) is 21.2 Å². The standard InChI is InChI=1S/C17H11BrClNO4/c18-11-7-14-15(23-4-3-22-14)8-12(11)20-17(21)16-6-9-5-10(19)1-2-13(9)24-16/h1-2,5-8H,3-4H2,(H,20,21). The third kappa shape index (κ3) is 2.83. The maximum atomic E-state index is 12.5. The third-order valence-corrected chi connectivity index (χ3v) is 4.47. The number of furan rings is 1. The van der Waals surface area contributed by atoms with Gasteiger partial charge >= 0.3 is 0 Å². The zero-order valence-corrected chi connectivity index (χ0v) is 14.6. The van der Waals surface area contributed by atoms with Gasteiger partial charge in [0.05, 0.1) is 5.69 Å². The van der Waals surface area contributed by atoms with Crippen LogP contribution in [-0.2, 0) is 0 Å². The number of rotatable bonds is 2. The quantitative estimate of drug-likeness (QED) is 0.657. The molecule has 3 aromatic rings. The predicted molar refractivity (Wildman–Crippen MR) is 94.3 cm³/mol. The van der Waals surface area contributed by atoms with Gasteiger partial charge in [0.1, 0.15) is 18.8 Å². The molecule has 7 heteroatoms. The Bertz CT molecular complexity index is 953. The van der Waals surface area contributed by atoms with Crippen LogP contribution in [0.2, 0.25) is 5.02 Å². The van der Waals surface area contributed by atoms with Gasteiger partial charge in [0.2, 0.25) is 0 Å². The first kappa shape index (κ1) is 15.4. The van der Waals surface area contributed by atoms with Crippen molar-refractivity contribution in [2.45, 2.75) is 0 Å². The number of carbonyl (C=O) groups excluding carboxylic acids is 1. The van der Waals surface area contributed by atoms with E-state index in [1.54, 1.807) is 36.4 Å². The molecule has 122 valence electrons. The summed E-state index contributed by atoms with van der Waals surface area (Å²) in [7, 11) is 0. The summed E-state index contributed by atoms with van der Waals surface area (Å²) >= 11 is 9.37. The molecule has 0 radical (unpaired) electrons. The second-order valence-corrected chi connectivity index (χ2v) is 6.51. The summed E-state index contributed by atoms with van der Waals surface area (Å²) < 4.78 is 17.3. The number of hydrogen-bond acceptors (Lipinski definition) is 4. The first-order valence-corrected chi connectivity index (χ1v) is 8.37. The van der Waals surface area contributed by atoms with Crippen molar-refractivity contribution in [2.24, 2.45) is 0 Å². The average molecular weight is 409 g/mol. The Hall–Kier alpha value is -2.18. The SMILES string of the molecule is O=C(Nc1cc2c(cc1Br)OCCO2)c1cc2cc(Cl)ccc2o1. The fourth-order valence-electron chi connectivity index (χ4n) is 2.47. The van der Waals surface area contributed by atoms with E-state index in [4.69, 9.17) is 25.5 Å². The van der Waals surface area contributed by atoms with Crippen LogP contribution in [0.25, 0.3) is 11.0 Å². The highest BCUT2D eigenvalue weighted by Crippen LogP contribution is 2.38. The molecule has 0 atom stereocenters. The van der Waals surface area contributed by atoms with E-state index in [1.807, 2.05) is 0 Å². The van der Waals surface area contributed by atoms with Gasteiger partial charge in [-0.05, 0) is 40.2 Å². The van der Waals surface area contributed by atoms with Gasteiger partial charge in [-0.15, -0.1) is 0 Å². The van der Waals surface area contributed by atoms with Gasteiger partial charge < -0.3 is 19.2 Å². The van der Waals surface area contributed by atoms with Crippen molar-refractivity contribution in [1.82, 2.24) is 0 Å². The van der Waals surface area contributed by atoms with Crippen LogP contribution in [0.3, 0.4) is 0 Å². The molecule has 0 unspecified atom stereocenters. The smallest absolute Gasteiger partial charge is 0.291 e. The first-order chi connectivity index (χ1) is 11.6. The number of ether oxygens (including phenoxy) is 2. The summed E-state index contributed by atoms with van der Waals surface area (Å²) in [6, 6.07) is 10.3. The Labute approximate surface area is 150 Å². The number of amides is 1. The minimum absolute atomic E-state index is 0.203. The van der Waals surface area contributed by atoms with Crippen molar-refractivity contribution in [3.63, 3.8) is 0 Å². The monoisotopic (exact) mass is 407 g/mol. The number of fused-ring (bicyclic) bond motifs is 2. The van der Waals surface area contributed by atoms with Crippen LogP contribution in [0.5, 0.6) is 11.5 Å². The summed E-state index contributed by atoms with van der Waals surface area (Å²) in [5.74, 6) is 1.08. The highest BCUT2D eigenvalue weighted by atomic mass is 79.9. The molecule has 4 rings (SSSR count). The molecule has 1 aromatic heterocycles. The predicted octanol–water partition coefficient (Wildman–Crippen LogP) is 4.87. The number of halogens is 2. The first-order valence-electron chi connectivity index (χ1n) is 7.20. The van der Waals surface area contributed by atoms with Crippen LogP contribution in [0.15, 0.2) is 45.3 Å². The van der Waals surface area contributed by atoms with Gasteiger partial charge in [-0.3, -0.25) is 4.79 Å². The lowest BCUT2D eigenvalue weighted by molar-refractivity contribution is 0.0998. The maximum absolute atomic E-state index is 12.5. The largest absolute Gasteiger partial charge is 0.486 e. The second kappa shape index (κ2) is 6.03. The minimum Gasteiger partial charge on any atom is -0.486 e. The zero-order chi connectivity index (χ0) is 16.7. The summed E-state index contributed by atoms with van der Waals surface area (Å²) in [5, 5.41) is 4.16. The van der Waals surface area contributed by atoms with E-state index in [9.17, 15) is 4.79 Å². The van der Waals surface area contributed by atoms with Crippen LogP contribution in [0.4, 0.5) is 5.69 Å². The van der Waals surface area contributed by atoms with Crippen LogP contribution in [0.1, 0.15) is 10.6 Å². The molecule has 24 heavy (non-hydrogen) atoms. The third-order valence-electron chi connectivity index (χ3n) is 3.58. The van der Waals surface area contributed by atoms with Crippen molar-refractivity contribution in [3.8, 4) is 11.5 Å². The minimum atomic E-state index is -0.361. The number of hydrogen-bond donors (Lipinski definition) is 1. The average Bonchev–Trinajstić information content (AvgIpc) is 2.98. The fraction of sp³-hybridized carbons (Fsp3) is 0.118. The molecule has 2 heterocycles. The normalized spacial score (nSPS) is 13.1. The lowest BCUT2D eigenvalue weighted by Gasteiger charge is -2.19. The Morgan fingerprint density at radius 2 is 1.83 bits per heavy atom. The number of anilines is 1. The summed E-state index contributed by atoms with van der Waals surface area (Å²) in [4.78, 5) is 12.5. The van der Waals surface area contributed by atoms with E-state index in [0.717, 1.165) is 5.39 Å². The molecular formula is C17H11BrClNO4. The topological polar surface area (TPSA) is 60.7 Å². The number of nitrogens with one attached hydrogen (secondary N) is 1. The lowest BCUT2D eigenvalue weighted by Crippen LogP contribution is -2.16. The molecule has 0 saturated carbocycles. The van der Waals surface area contributed by atoms with Crippen molar-refractivity contribution in [2.75, 3.05) is 18.5 Å². The Morgan fingerprint density at radius 1 is 1.08 bits per heavy atom. The molecule has 0 saturated heterocycles. The Kier molecular flexibility index (Phi) is 3.86. The second-order valence-electron chi connectivity index (χ2n) is 5.22. The molecule has 1 aliphatic heterocycles. The van der Waals surface area contributed by atoms with Crippen molar-refractivity contribution in [3.05, 3.63) is 51.7 Å². The van der Waals surface area contributed by atoms with E-state index < -0.39 is 0 Å². The highest BCUT2D eigenvalue weighted by Gasteiger charge is 2.18. The van der Waals surface area contributed by atoms with Gasteiger partial charge in [0, 0.05) is 27.0 Å². The van der Waals surface area contributed by atoms with E-state index in [0.29, 0.717) is 45.5 Å². The molecule has 2 aromatic carbocycles. The van der Waals surface area contributed by atoms with Crippen molar-refractivity contribution >= 4 is 50.1 Å². The summed E-state index contributed by atoms with van der Waals surface area (Å²) in [6.07, 6.45) is 0. The Morgan fingerprint density at radius 3 is 2.62 bits per heavy atom. The molecule has 0 spiro atoms. The van der Waals surface area contributed by atoms with Crippen molar-refractivity contribution in [1.29, 1.82) is 0 Å². The Balaban J connectivity index is 1.63. The molecular weight excluding hydrogens is 398 g/mol. The van der Waals surface area contributed by atoms with E-state index >= 15 is 0 Å². The zero-order valence-electron chi connectivity index (χ0n) is 12.3. The summed E-state index contributed by atoms with van der Waals surface area (Å²) in [5.41, 5.74) is 1.17. The van der Waals surface area contributed by atoms with Crippen LogP contribution in [0, 0.1) is 0 Å². The molecule has 0 bridgehead atoms. The van der Waals surface area contributed by atoms with Crippen LogP contribution >= 0.6 is 27.5 Å². The van der Waals surface area contributed by atoms with Gasteiger partial charge in [0.25, 0.3) is 5.91 Å². The van der Waals surface area contributed by atoms with Crippen molar-refractivity contribution < 1.29 is 18.7 Å². The van der Waals surface area contributed by atoms with Crippen LogP contribution < -0.4 is 14.8 Å². The van der Waals surface area contributed by atoms with E-state index in [1.165, 1.54) is 0 Å². The molecule has 0 aliphatic carbocycles. The molecule has 1 aliphatic rings. The number of carbonyl (C=O) groups is 1. The van der Waals surface area contributed by atoms with E-state index in [-0.39, 0.29) is 11.7 Å². The van der Waals surface area contributed by atoms with Gasteiger partial charge in [-0.1, -0.05) is 11.6 Å². The highest BCUT2D eigenvalue weighted by molar-refractivity contribution is 9.10. The summed E-state index contributed by atoms with van der Waals surface area (Å²) in [6.45, 7) is 0.985. The lowest BCUT2D eigenvalue weighted by atomic mass is 10.2. The van der Waals surface area contributed by atoms with Gasteiger partial charge in [-0.2, -0.15) is 0 Å². The molecule has 5 nitrogen and oxygen atoms in total. The van der Waals surface area contributed by atoms with Gasteiger partial charge in [0.15, 0.2) is 17.3 Å². The maximum Gasteiger partial charge on any atom is 0.291 e. The van der Waals surface area contributed by atoms with Gasteiger partial charge in [-0.25, -0.2) is 0 Å². The fourth-order valence-corrected chi connectivity index (χ4v) is 3.07.